The van der Waals surface area contributed by atoms with Crippen LogP contribution in [0.15, 0.2) is 30.3 Å². The third-order valence-corrected chi connectivity index (χ3v) is 5.24. The normalized spacial score (nSPS) is 27.5. The number of hydrogen-bond acceptors (Lipinski definition) is 3. The van der Waals surface area contributed by atoms with Crippen molar-refractivity contribution >= 4 is 11.8 Å². The van der Waals surface area contributed by atoms with Gasteiger partial charge in [-0.05, 0) is 24.8 Å². The monoisotopic (exact) mass is 315 g/mol. The van der Waals surface area contributed by atoms with Crippen molar-refractivity contribution in [3.8, 4) is 0 Å². The first-order valence-corrected chi connectivity index (χ1v) is 8.45. The highest BCUT2D eigenvalue weighted by atomic mass is 16.2. The maximum atomic E-state index is 12.3. The maximum Gasteiger partial charge on any atom is 0.236 e. The molecule has 0 aromatic heterocycles. The predicted octanol–water partition coefficient (Wildman–Crippen LogP) is 1.34. The van der Waals surface area contributed by atoms with Gasteiger partial charge in [-0.25, -0.2) is 0 Å². The lowest BCUT2D eigenvalue weighted by Gasteiger charge is -2.34. The van der Waals surface area contributed by atoms with Crippen LogP contribution in [-0.2, 0) is 9.59 Å². The first-order valence-electron chi connectivity index (χ1n) is 8.45. The Morgan fingerprint density at radius 2 is 1.91 bits per heavy atom. The smallest absolute Gasteiger partial charge is 0.236 e. The van der Waals surface area contributed by atoms with Crippen molar-refractivity contribution in [1.82, 2.24) is 9.80 Å². The van der Waals surface area contributed by atoms with Gasteiger partial charge in [0.15, 0.2) is 0 Å². The minimum atomic E-state index is -0.0103. The first-order chi connectivity index (χ1) is 11.1. The Morgan fingerprint density at radius 1 is 1.17 bits per heavy atom. The zero-order chi connectivity index (χ0) is 16.4. The molecule has 0 saturated carbocycles. The van der Waals surface area contributed by atoms with Crippen LogP contribution in [0.1, 0.15) is 37.7 Å². The molecule has 5 heteroatoms. The van der Waals surface area contributed by atoms with Crippen LogP contribution in [-0.4, -0.2) is 53.3 Å². The fraction of sp³-hybridized carbons (Fsp3) is 0.556. The summed E-state index contributed by atoms with van der Waals surface area (Å²) < 4.78 is 0. The number of nitrogens with zero attached hydrogens (tertiary/aromatic N) is 2. The van der Waals surface area contributed by atoms with E-state index in [0.29, 0.717) is 6.54 Å². The number of carbonyl (C=O) groups is 2. The lowest BCUT2D eigenvalue weighted by atomic mass is 9.89. The van der Waals surface area contributed by atoms with Crippen molar-refractivity contribution in [2.45, 2.75) is 44.2 Å². The van der Waals surface area contributed by atoms with Crippen molar-refractivity contribution in [3.63, 3.8) is 0 Å². The Bertz CT molecular complexity index is 575. The van der Waals surface area contributed by atoms with Gasteiger partial charge in [-0.3, -0.25) is 9.59 Å². The number of carbonyl (C=O) groups excluding carboxylic acids is 2. The summed E-state index contributed by atoms with van der Waals surface area (Å²) in [6.07, 6.45) is 2.99. The molecule has 0 unspecified atom stereocenters. The van der Waals surface area contributed by atoms with Gasteiger partial charge in [0.25, 0.3) is 0 Å². The molecule has 2 saturated heterocycles. The van der Waals surface area contributed by atoms with Crippen molar-refractivity contribution in [1.29, 1.82) is 0 Å². The maximum absolute atomic E-state index is 12.3. The molecule has 0 spiro atoms. The average Bonchev–Trinajstić information content (AvgIpc) is 2.79. The van der Waals surface area contributed by atoms with Gasteiger partial charge in [0.05, 0.1) is 18.6 Å². The van der Waals surface area contributed by atoms with E-state index >= 15 is 0 Å². The molecule has 1 aromatic rings. The van der Waals surface area contributed by atoms with Gasteiger partial charge < -0.3 is 15.5 Å². The molecule has 2 heterocycles. The molecule has 0 radical (unpaired) electrons. The second-order valence-corrected chi connectivity index (χ2v) is 6.53. The molecule has 0 aliphatic carbocycles. The number of amides is 2. The SMILES string of the molecule is CC(=O)N1CCCC[C@H]2[C@@H]1[C@H](c1ccccc1)CN2C(=O)CN. The van der Waals surface area contributed by atoms with Gasteiger partial charge in [0, 0.05) is 25.9 Å². The van der Waals surface area contributed by atoms with E-state index in [0.717, 1.165) is 25.8 Å². The molecule has 1 aromatic carbocycles. The second kappa shape index (κ2) is 6.71. The van der Waals surface area contributed by atoms with Gasteiger partial charge in [-0.15, -0.1) is 0 Å². The number of fused-ring (bicyclic) bond motifs is 1. The summed E-state index contributed by atoms with van der Waals surface area (Å²) in [5, 5.41) is 0. The number of nitrogens with two attached hydrogens (primary N) is 1. The average molecular weight is 315 g/mol. The number of benzene rings is 1. The zero-order valence-electron chi connectivity index (χ0n) is 13.6. The van der Waals surface area contributed by atoms with Gasteiger partial charge >= 0.3 is 0 Å². The predicted molar refractivity (Wildman–Crippen MR) is 88.8 cm³/mol. The van der Waals surface area contributed by atoms with Crippen LogP contribution in [0.2, 0.25) is 0 Å². The van der Waals surface area contributed by atoms with E-state index in [4.69, 9.17) is 5.73 Å². The molecule has 2 fully saturated rings. The third-order valence-electron chi connectivity index (χ3n) is 5.24. The molecular formula is C18H25N3O2. The van der Waals surface area contributed by atoms with Crippen molar-refractivity contribution < 1.29 is 9.59 Å². The molecular weight excluding hydrogens is 290 g/mol. The minimum Gasteiger partial charge on any atom is -0.337 e. The zero-order valence-corrected chi connectivity index (χ0v) is 13.6. The van der Waals surface area contributed by atoms with E-state index in [-0.39, 0.29) is 36.4 Å². The third kappa shape index (κ3) is 2.98. The van der Waals surface area contributed by atoms with Crippen molar-refractivity contribution in [3.05, 3.63) is 35.9 Å². The lowest BCUT2D eigenvalue weighted by molar-refractivity contribution is -0.135. The summed E-state index contributed by atoms with van der Waals surface area (Å²) in [4.78, 5) is 28.5. The van der Waals surface area contributed by atoms with Crippen LogP contribution >= 0.6 is 0 Å². The highest BCUT2D eigenvalue weighted by Crippen LogP contribution is 2.39. The van der Waals surface area contributed by atoms with E-state index in [1.165, 1.54) is 5.56 Å². The van der Waals surface area contributed by atoms with Crippen LogP contribution < -0.4 is 5.73 Å². The summed E-state index contributed by atoms with van der Waals surface area (Å²) in [6.45, 7) is 3.10. The molecule has 2 aliphatic heterocycles. The van der Waals surface area contributed by atoms with Crippen LogP contribution in [0.3, 0.4) is 0 Å². The van der Waals surface area contributed by atoms with E-state index < -0.39 is 0 Å². The Morgan fingerprint density at radius 3 is 2.57 bits per heavy atom. The van der Waals surface area contributed by atoms with E-state index in [1.807, 2.05) is 28.0 Å². The van der Waals surface area contributed by atoms with Gasteiger partial charge in [0.1, 0.15) is 0 Å². The highest BCUT2D eigenvalue weighted by Gasteiger charge is 2.48. The van der Waals surface area contributed by atoms with Crippen molar-refractivity contribution in [2.75, 3.05) is 19.6 Å². The van der Waals surface area contributed by atoms with E-state index in [1.54, 1.807) is 6.92 Å². The summed E-state index contributed by atoms with van der Waals surface area (Å²) in [5.74, 6) is 0.257. The minimum absolute atomic E-state index is 0.0103. The fourth-order valence-corrected chi connectivity index (χ4v) is 4.22. The largest absolute Gasteiger partial charge is 0.337 e. The Labute approximate surface area is 137 Å². The molecule has 5 nitrogen and oxygen atoms in total. The standard InChI is InChI=1S/C18H25N3O2/c1-13(22)20-10-6-5-9-16-18(20)15(12-21(16)17(23)11-19)14-7-3-2-4-8-14/h2-4,7-8,15-16,18H,5-6,9-12,19H2,1H3/t15-,16-,18-/m0/s1. The van der Waals surface area contributed by atoms with E-state index in [2.05, 4.69) is 12.1 Å². The molecule has 3 rings (SSSR count). The number of rotatable bonds is 2. The Kier molecular flexibility index (Phi) is 4.66. The Hall–Kier alpha value is -1.88. The molecule has 23 heavy (non-hydrogen) atoms. The number of likely N-dealkylation sites (tertiary alicyclic amines) is 2. The van der Waals surface area contributed by atoms with Crippen molar-refractivity contribution in [2.24, 2.45) is 5.73 Å². The lowest BCUT2D eigenvalue weighted by Crippen LogP contribution is -2.49. The first kappa shape index (κ1) is 16.0. The summed E-state index contributed by atoms with van der Waals surface area (Å²) in [7, 11) is 0. The van der Waals surface area contributed by atoms with Gasteiger partial charge in [-0.2, -0.15) is 0 Å². The number of hydrogen-bond donors (Lipinski definition) is 1. The summed E-state index contributed by atoms with van der Waals surface area (Å²) in [6, 6.07) is 10.4. The second-order valence-electron chi connectivity index (χ2n) is 6.53. The van der Waals surface area contributed by atoms with Gasteiger partial charge in [-0.1, -0.05) is 30.3 Å². The summed E-state index contributed by atoms with van der Waals surface area (Å²) >= 11 is 0. The fourth-order valence-electron chi connectivity index (χ4n) is 4.22. The molecule has 0 bridgehead atoms. The van der Waals surface area contributed by atoms with Crippen LogP contribution in [0.25, 0.3) is 0 Å². The van der Waals surface area contributed by atoms with Crippen LogP contribution in [0.5, 0.6) is 0 Å². The highest BCUT2D eigenvalue weighted by molar-refractivity contribution is 5.80. The van der Waals surface area contributed by atoms with Gasteiger partial charge in [0.2, 0.25) is 11.8 Å². The Balaban J connectivity index is 2.00. The summed E-state index contributed by atoms with van der Waals surface area (Å²) in [5.41, 5.74) is 6.82. The topological polar surface area (TPSA) is 66.6 Å². The molecule has 2 aliphatic rings. The van der Waals surface area contributed by atoms with Crippen LogP contribution in [0.4, 0.5) is 0 Å². The molecule has 124 valence electrons. The van der Waals surface area contributed by atoms with Crippen LogP contribution in [0, 0.1) is 0 Å². The molecule has 3 atom stereocenters. The molecule has 2 N–H and O–H groups in total. The molecule has 2 amide bonds. The quantitative estimate of drug-likeness (QED) is 0.895. The van der Waals surface area contributed by atoms with E-state index in [9.17, 15) is 9.59 Å².